The van der Waals surface area contributed by atoms with Crippen LogP contribution < -0.4 is 5.73 Å². The minimum absolute atomic E-state index is 0.368. The molecule has 1 aliphatic rings. The third kappa shape index (κ3) is 4.04. The molecule has 2 heteroatoms. The summed E-state index contributed by atoms with van der Waals surface area (Å²) in [5, 5.41) is 0. The Morgan fingerprint density at radius 2 is 1.82 bits per heavy atom. The maximum Gasteiger partial charge on any atom is 0.0162 e. The molecule has 1 atom stereocenters. The van der Waals surface area contributed by atoms with Crippen LogP contribution in [0.1, 0.15) is 32.6 Å². The molecule has 1 aliphatic carbocycles. The van der Waals surface area contributed by atoms with Crippen LogP contribution in [0.3, 0.4) is 0 Å². The molecule has 0 spiro atoms. The summed E-state index contributed by atoms with van der Waals surface area (Å²) < 4.78 is 0. The van der Waals surface area contributed by atoms with Crippen LogP contribution in [0.2, 0.25) is 0 Å². The smallest absolute Gasteiger partial charge is 0.0162 e. The van der Waals surface area contributed by atoms with Gasteiger partial charge in [0, 0.05) is 16.7 Å². The van der Waals surface area contributed by atoms with Crippen LogP contribution in [0.15, 0.2) is 35.2 Å². The van der Waals surface area contributed by atoms with Crippen LogP contribution in [0.5, 0.6) is 0 Å². The highest BCUT2D eigenvalue weighted by molar-refractivity contribution is 7.99. The van der Waals surface area contributed by atoms with E-state index >= 15 is 0 Å². The van der Waals surface area contributed by atoms with E-state index in [1.165, 1.54) is 30.6 Å². The Balaban J connectivity index is 1.75. The van der Waals surface area contributed by atoms with Crippen LogP contribution in [0.4, 0.5) is 0 Å². The zero-order chi connectivity index (χ0) is 12.1. The fourth-order valence-corrected chi connectivity index (χ4v) is 3.57. The minimum atomic E-state index is 0.368. The maximum absolute atomic E-state index is 6.32. The lowest BCUT2D eigenvalue weighted by molar-refractivity contribution is 0.264. The van der Waals surface area contributed by atoms with E-state index in [-0.39, 0.29) is 0 Å². The van der Waals surface area contributed by atoms with Crippen molar-refractivity contribution in [3.63, 3.8) is 0 Å². The second-order valence-electron chi connectivity index (χ2n) is 5.31. The zero-order valence-corrected chi connectivity index (χ0v) is 11.5. The first-order valence-electron chi connectivity index (χ1n) is 6.69. The lowest BCUT2D eigenvalue weighted by Gasteiger charge is -2.30. The van der Waals surface area contributed by atoms with Gasteiger partial charge in [0.2, 0.25) is 0 Å². The Labute approximate surface area is 109 Å². The summed E-state index contributed by atoms with van der Waals surface area (Å²) >= 11 is 1.90. The first-order valence-corrected chi connectivity index (χ1v) is 7.67. The van der Waals surface area contributed by atoms with E-state index in [0.29, 0.717) is 6.04 Å². The minimum Gasteiger partial charge on any atom is -0.327 e. The van der Waals surface area contributed by atoms with Gasteiger partial charge in [-0.05, 0) is 36.8 Å². The summed E-state index contributed by atoms with van der Waals surface area (Å²) in [5.74, 6) is 2.73. The summed E-state index contributed by atoms with van der Waals surface area (Å²) in [6, 6.07) is 11.0. The largest absolute Gasteiger partial charge is 0.327 e. The Kier molecular flexibility index (Phi) is 4.93. The van der Waals surface area contributed by atoms with Gasteiger partial charge in [-0.15, -0.1) is 11.8 Å². The first-order chi connectivity index (χ1) is 8.25. The average molecular weight is 249 g/mol. The molecule has 0 amide bonds. The van der Waals surface area contributed by atoms with Gasteiger partial charge in [-0.3, -0.25) is 0 Å². The van der Waals surface area contributed by atoms with Crippen LogP contribution in [-0.4, -0.2) is 11.8 Å². The highest BCUT2D eigenvalue weighted by Gasteiger charge is 2.23. The molecule has 2 rings (SSSR count). The monoisotopic (exact) mass is 249 g/mol. The molecule has 17 heavy (non-hydrogen) atoms. The molecule has 0 bridgehead atoms. The fourth-order valence-electron chi connectivity index (χ4n) is 2.56. The van der Waals surface area contributed by atoms with Gasteiger partial charge in [0.15, 0.2) is 0 Å². The quantitative estimate of drug-likeness (QED) is 0.818. The second kappa shape index (κ2) is 6.46. The number of thioether (sulfide) groups is 1. The highest BCUT2D eigenvalue weighted by atomic mass is 32.2. The molecule has 94 valence electrons. The van der Waals surface area contributed by atoms with E-state index in [1.54, 1.807) is 0 Å². The molecular weight excluding hydrogens is 226 g/mol. The third-order valence-electron chi connectivity index (χ3n) is 3.85. The first kappa shape index (κ1) is 13.0. The predicted molar refractivity (Wildman–Crippen MR) is 76.3 cm³/mol. The predicted octanol–water partition coefficient (Wildman–Crippen LogP) is 3.93. The summed E-state index contributed by atoms with van der Waals surface area (Å²) in [6.07, 6.45) is 5.40. The summed E-state index contributed by atoms with van der Waals surface area (Å²) in [7, 11) is 0. The normalized spacial score (nSPS) is 26.7. The topological polar surface area (TPSA) is 26.0 Å². The molecule has 0 saturated heterocycles. The van der Waals surface area contributed by atoms with E-state index in [0.717, 1.165) is 17.6 Å². The fraction of sp³-hybridized carbons (Fsp3) is 0.600. The van der Waals surface area contributed by atoms with Crippen molar-refractivity contribution in [2.75, 3.05) is 5.75 Å². The van der Waals surface area contributed by atoms with Crippen molar-refractivity contribution >= 4 is 11.8 Å². The Hall–Kier alpha value is -0.470. The number of hydrogen-bond acceptors (Lipinski definition) is 2. The molecule has 0 aliphatic heterocycles. The van der Waals surface area contributed by atoms with Crippen LogP contribution >= 0.6 is 11.8 Å². The Bertz CT molecular complexity index is 317. The van der Waals surface area contributed by atoms with Crippen LogP contribution in [0.25, 0.3) is 0 Å². The van der Waals surface area contributed by atoms with Gasteiger partial charge >= 0.3 is 0 Å². The molecule has 0 heterocycles. The molecule has 1 fully saturated rings. The van der Waals surface area contributed by atoms with Gasteiger partial charge in [0.05, 0.1) is 0 Å². The SMILES string of the molecule is CC1CCC(C(N)CSc2ccccc2)CC1. The third-order valence-corrected chi connectivity index (χ3v) is 5.01. The van der Waals surface area contributed by atoms with E-state index in [9.17, 15) is 0 Å². The van der Waals surface area contributed by atoms with Gasteiger partial charge in [0.1, 0.15) is 0 Å². The van der Waals surface area contributed by atoms with Crippen molar-refractivity contribution in [3.05, 3.63) is 30.3 Å². The lowest BCUT2D eigenvalue weighted by atomic mass is 9.80. The Morgan fingerprint density at radius 3 is 2.47 bits per heavy atom. The van der Waals surface area contributed by atoms with Crippen LogP contribution in [-0.2, 0) is 0 Å². The van der Waals surface area contributed by atoms with E-state index in [4.69, 9.17) is 5.73 Å². The van der Waals surface area contributed by atoms with E-state index in [1.807, 2.05) is 11.8 Å². The van der Waals surface area contributed by atoms with Gasteiger partial charge in [0.25, 0.3) is 0 Å². The van der Waals surface area contributed by atoms with Crippen molar-refractivity contribution in [3.8, 4) is 0 Å². The van der Waals surface area contributed by atoms with Crippen molar-refractivity contribution in [2.45, 2.75) is 43.5 Å². The van der Waals surface area contributed by atoms with Gasteiger partial charge in [-0.2, -0.15) is 0 Å². The van der Waals surface area contributed by atoms with Crippen molar-refractivity contribution in [1.29, 1.82) is 0 Å². The lowest BCUT2D eigenvalue weighted by Crippen LogP contribution is -2.34. The second-order valence-corrected chi connectivity index (χ2v) is 6.40. The summed E-state index contributed by atoms with van der Waals surface area (Å²) in [6.45, 7) is 2.36. The van der Waals surface area contributed by atoms with E-state index in [2.05, 4.69) is 37.3 Å². The molecule has 1 nitrogen and oxygen atoms in total. The molecule has 1 saturated carbocycles. The standard InChI is InChI=1S/C15H23NS/c1-12-7-9-13(10-8-12)15(16)11-17-14-5-3-2-4-6-14/h2-6,12-13,15H,7-11,16H2,1H3. The maximum atomic E-state index is 6.32. The number of rotatable bonds is 4. The molecule has 0 aromatic heterocycles. The molecule has 1 aromatic rings. The van der Waals surface area contributed by atoms with E-state index < -0.39 is 0 Å². The molecule has 1 unspecified atom stereocenters. The van der Waals surface area contributed by atoms with Crippen molar-refractivity contribution in [1.82, 2.24) is 0 Å². The van der Waals surface area contributed by atoms with Crippen LogP contribution in [0, 0.1) is 11.8 Å². The average Bonchev–Trinajstić information content (AvgIpc) is 2.38. The van der Waals surface area contributed by atoms with Gasteiger partial charge in [-0.1, -0.05) is 38.0 Å². The number of hydrogen-bond donors (Lipinski definition) is 1. The molecular formula is C15H23NS. The number of nitrogens with two attached hydrogens (primary N) is 1. The molecule has 0 radical (unpaired) electrons. The summed E-state index contributed by atoms with van der Waals surface area (Å²) in [4.78, 5) is 1.34. The summed E-state index contributed by atoms with van der Waals surface area (Å²) in [5.41, 5.74) is 6.32. The number of benzene rings is 1. The zero-order valence-electron chi connectivity index (χ0n) is 10.6. The van der Waals surface area contributed by atoms with Crippen molar-refractivity contribution < 1.29 is 0 Å². The van der Waals surface area contributed by atoms with Gasteiger partial charge < -0.3 is 5.73 Å². The van der Waals surface area contributed by atoms with Crippen molar-refractivity contribution in [2.24, 2.45) is 17.6 Å². The van der Waals surface area contributed by atoms with Gasteiger partial charge in [-0.25, -0.2) is 0 Å². The Morgan fingerprint density at radius 1 is 1.18 bits per heavy atom. The molecule has 1 aromatic carbocycles. The molecule has 2 N–H and O–H groups in total. The highest BCUT2D eigenvalue weighted by Crippen LogP contribution is 2.31.